The summed E-state index contributed by atoms with van der Waals surface area (Å²) in [6.07, 6.45) is 6.00. The van der Waals surface area contributed by atoms with Crippen molar-refractivity contribution in [1.29, 1.82) is 0 Å². The van der Waals surface area contributed by atoms with Crippen LogP contribution < -0.4 is 0 Å². The molecule has 0 saturated heterocycles. The fourth-order valence-electron chi connectivity index (χ4n) is 0.727. The van der Waals surface area contributed by atoms with Gasteiger partial charge in [-0.2, -0.15) is 0 Å². The van der Waals surface area contributed by atoms with Crippen LogP contribution in [0.5, 0.6) is 0 Å². The van der Waals surface area contributed by atoms with Gasteiger partial charge in [-0.15, -0.1) is 0 Å². The molecule has 0 saturated carbocycles. The van der Waals surface area contributed by atoms with Crippen molar-refractivity contribution >= 4 is 5.97 Å². The van der Waals surface area contributed by atoms with E-state index in [1.165, 1.54) is 0 Å². The molecule has 0 radical (unpaired) electrons. The van der Waals surface area contributed by atoms with Gasteiger partial charge in [0.05, 0.1) is 0 Å². The molecule has 0 bridgehead atoms. The topological polar surface area (TPSA) is 37.3 Å². The summed E-state index contributed by atoms with van der Waals surface area (Å²) >= 11 is 0. The smallest absolute Gasteiger partial charge is 0.303 e. The number of carbonyl (C=O) groups is 1. The Morgan fingerprint density at radius 2 is 2.08 bits per heavy atom. The van der Waals surface area contributed by atoms with Gasteiger partial charge in [0.1, 0.15) is 0 Å². The zero-order chi connectivity index (χ0) is 9.61. The first-order chi connectivity index (χ1) is 5.48. The number of allylic oxidation sites excluding steroid dienone is 2. The zero-order valence-corrected chi connectivity index (χ0v) is 8.13. The van der Waals surface area contributed by atoms with E-state index in [4.69, 9.17) is 5.11 Å². The lowest BCUT2D eigenvalue weighted by Crippen LogP contribution is -2.04. The van der Waals surface area contributed by atoms with E-state index in [-0.39, 0.29) is 11.8 Å². The Balaban J connectivity index is 3.68. The summed E-state index contributed by atoms with van der Waals surface area (Å²) in [5, 5.41) is 8.37. The molecule has 0 aromatic rings. The minimum absolute atomic E-state index is 0.207. The minimum Gasteiger partial charge on any atom is -0.481 e. The molecular weight excluding hydrogens is 152 g/mol. The molecule has 0 aromatic heterocycles. The Morgan fingerprint density at radius 3 is 2.50 bits per heavy atom. The lowest BCUT2D eigenvalue weighted by atomic mass is 9.90. The summed E-state index contributed by atoms with van der Waals surface area (Å²) in [6, 6.07) is 0. The molecule has 0 amide bonds. The summed E-state index contributed by atoms with van der Waals surface area (Å²) in [6.45, 7) is 6.41. The van der Waals surface area contributed by atoms with Crippen molar-refractivity contribution in [3.8, 4) is 0 Å². The standard InChI is InChI=1S/C10H18O2/c1-4-10(2,3)8-6-5-7-9(11)12/h6,8H,4-5,7H2,1-3H3,(H,11,12). The molecule has 2 nitrogen and oxygen atoms in total. The molecule has 0 aromatic carbocycles. The summed E-state index contributed by atoms with van der Waals surface area (Å²) in [7, 11) is 0. The van der Waals surface area contributed by atoms with Crippen molar-refractivity contribution in [2.45, 2.75) is 40.0 Å². The van der Waals surface area contributed by atoms with E-state index in [2.05, 4.69) is 26.8 Å². The molecule has 70 valence electrons. The Morgan fingerprint density at radius 1 is 1.50 bits per heavy atom. The highest BCUT2D eigenvalue weighted by atomic mass is 16.4. The van der Waals surface area contributed by atoms with Gasteiger partial charge in [-0.3, -0.25) is 4.79 Å². The highest BCUT2D eigenvalue weighted by Gasteiger charge is 2.08. The van der Waals surface area contributed by atoms with Gasteiger partial charge < -0.3 is 5.11 Å². The van der Waals surface area contributed by atoms with E-state index in [0.717, 1.165) is 6.42 Å². The minimum atomic E-state index is -0.728. The molecule has 2 heteroatoms. The van der Waals surface area contributed by atoms with Gasteiger partial charge in [0.2, 0.25) is 0 Å². The second-order valence-electron chi connectivity index (χ2n) is 3.68. The molecule has 0 aliphatic carbocycles. The van der Waals surface area contributed by atoms with Crippen LogP contribution >= 0.6 is 0 Å². The summed E-state index contributed by atoms with van der Waals surface area (Å²) < 4.78 is 0. The molecule has 0 aliphatic heterocycles. The first-order valence-corrected chi connectivity index (χ1v) is 4.37. The van der Waals surface area contributed by atoms with Crippen molar-refractivity contribution in [3.05, 3.63) is 12.2 Å². The Bertz CT molecular complexity index is 169. The summed E-state index contributed by atoms with van der Waals surface area (Å²) in [5.74, 6) is -0.728. The molecule has 0 heterocycles. The van der Waals surface area contributed by atoms with E-state index >= 15 is 0 Å². The third-order valence-electron chi connectivity index (χ3n) is 2.01. The SMILES string of the molecule is CCC(C)(C)C=CCCC(=O)O. The average molecular weight is 170 g/mol. The summed E-state index contributed by atoms with van der Waals surface area (Å²) in [4.78, 5) is 10.2. The first kappa shape index (κ1) is 11.2. The van der Waals surface area contributed by atoms with E-state index in [0.29, 0.717) is 6.42 Å². The number of rotatable bonds is 5. The van der Waals surface area contributed by atoms with Crippen molar-refractivity contribution in [1.82, 2.24) is 0 Å². The maximum Gasteiger partial charge on any atom is 0.303 e. The van der Waals surface area contributed by atoms with E-state index in [1.807, 2.05) is 6.08 Å². The second kappa shape index (κ2) is 4.96. The van der Waals surface area contributed by atoms with Gasteiger partial charge in [0.15, 0.2) is 0 Å². The highest BCUT2D eigenvalue weighted by Crippen LogP contribution is 2.21. The van der Waals surface area contributed by atoms with Gasteiger partial charge in [-0.1, -0.05) is 32.9 Å². The molecule has 0 unspecified atom stereocenters. The van der Waals surface area contributed by atoms with Gasteiger partial charge in [0, 0.05) is 6.42 Å². The maximum absolute atomic E-state index is 10.2. The molecule has 0 fully saturated rings. The van der Waals surface area contributed by atoms with Gasteiger partial charge in [0.25, 0.3) is 0 Å². The van der Waals surface area contributed by atoms with Crippen LogP contribution in [0.15, 0.2) is 12.2 Å². The van der Waals surface area contributed by atoms with Crippen LogP contribution in [0.4, 0.5) is 0 Å². The molecular formula is C10H18O2. The van der Waals surface area contributed by atoms with Crippen molar-refractivity contribution in [2.24, 2.45) is 5.41 Å². The van der Waals surface area contributed by atoms with Crippen LogP contribution in [0.25, 0.3) is 0 Å². The van der Waals surface area contributed by atoms with Gasteiger partial charge >= 0.3 is 5.97 Å². The van der Waals surface area contributed by atoms with Gasteiger partial charge in [-0.25, -0.2) is 0 Å². The third kappa shape index (κ3) is 5.96. The fourth-order valence-corrected chi connectivity index (χ4v) is 0.727. The van der Waals surface area contributed by atoms with E-state index < -0.39 is 5.97 Å². The Hall–Kier alpha value is -0.790. The average Bonchev–Trinajstić information content (AvgIpc) is 1.98. The Labute approximate surface area is 74.3 Å². The predicted octanol–water partition coefficient (Wildman–Crippen LogP) is 2.84. The molecule has 0 rings (SSSR count). The van der Waals surface area contributed by atoms with E-state index in [1.54, 1.807) is 0 Å². The molecule has 0 spiro atoms. The largest absolute Gasteiger partial charge is 0.481 e. The molecule has 12 heavy (non-hydrogen) atoms. The maximum atomic E-state index is 10.2. The quantitative estimate of drug-likeness (QED) is 0.644. The monoisotopic (exact) mass is 170 g/mol. The number of hydrogen-bond donors (Lipinski definition) is 1. The summed E-state index contributed by atoms with van der Waals surface area (Å²) in [5.41, 5.74) is 0.207. The first-order valence-electron chi connectivity index (χ1n) is 4.37. The lowest BCUT2D eigenvalue weighted by Gasteiger charge is -2.16. The third-order valence-corrected chi connectivity index (χ3v) is 2.01. The predicted molar refractivity (Wildman–Crippen MR) is 50.1 cm³/mol. The normalized spacial score (nSPS) is 12.2. The zero-order valence-electron chi connectivity index (χ0n) is 8.13. The highest BCUT2D eigenvalue weighted by molar-refractivity contribution is 5.66. The van der Waals surface area contributed by atoms with Crippen LogP contribution in [0, 0.1) is 5.41 Å². The number of carboxylic acid groups (broad SMARTS) is 1. The van der Waals surface area contributed by atoms with E-state index in [9.17, 15) is 4.79 Å². The lowest BCUT2D eigenvalue weighted by molar-refractivity contribution is -0.136. The number of aliphatic carboxylic acids is 1. The molecule has 0 aliphatic rings. The number of hydrogen-bond acceptors (Lipinski definition) is 1. The van der Waals surface area contributed by atoms with Crippen molar-refractivity contribution in [2.75, 3.05) is 0 Å². The van der Waals surface area contributed by atoms with Crippen LogP contribution in [-0.4, -0.2) is 11.1 Å². The van der Waals surface area contributed by atoms with Crippen molar-refractivity contribution in [3.63, 3.8) is 0 Å². The van der Waals surface area contributed by atoms with Crippen LogP contribution in [0.2, 0.25) is 0 Å². The van der Waals surface area contributed by atoms with Crippen LogP contribution in [0.3, 0.4) is 0 Å². The Kier molecular flexibility index (Phi) is 4.64. The molecule has 0 atom stereocenters. The van der Waals surface area contributed by atoms with Crippen LogP contribution in [-0.2, 0) is 4.79 Å². The van der Waals surface area contributed by atoms with Gasteiger partial charge in [-0.05, 0) is 18.3 Å². The molecule has 1 N–H and O–H groups in total. The fraction of sp³-hybridized carbons (Fsp3) is 0.700. The number of carboxylic acids is 1. The van der Waals surface area contributed by atoms with Crippen molar-refractivity contribution < 1.29 is 9.90 Å². The second-order valence-corrected chi connectivity index (χ2v) is 3.68. The van der Waals surface area contributed by atoms with Crippen LogP contribution in [0.1, 0.15) is 40.0 Å².